The molecule has 0 aliphatic heterocycles. The molecule has 18 heavy (non-hydrogen) atoms. The van der Waals surface area contributed by atoms with E-state index in [4.69, 9.17) is 0 Å². The van der Waals surface area contributed by atoms with Crippen molar-refractivity contribution >= 4 is 0 Å². The zero-order chi connectivity index (χ0) is 12.5. The highest BCUT2D eigenvalue weighted by Gasteiger charge is 2.04. The van der Waals surface area contributed by atoms with E-state index in [0.29, 0.717) is 0 Å². The first-order valence-electron chi connectivity index (χ1n) is 5.86. The van der Waals surface area contributed by atoms with Crippen LogP contribution in [0, 0.1) is 13.8 Å². The monoisotopic (exact) mass is 238 g/mol. The van der Waals surface area contributed by atoms with Crippen LogP contribution in [0.15, 0.2) is 36.7 Å². The van der Waals surface area contributed by atoms with Crippen molar-refractivity contribution < 1.29 is 0 Å². The number of rotatable bonds is 2. The van der Waals surface area contributed by atoms with Crippen molar-refractivity contribution in [2.75, 3.05) is 0 Å². The Morgan fingerprint density at radius 2 is 1.11 bits per heavy atom. The van der Waals surface area contributed by atoms with Crippen molar-refractivity contribution in [2.45, 2.75) is 13.8 Å². The fraction of sp³-hybridized carbons (Fsp3) is 0.143. The summed E-state index contributed by atoms with van der Waals surface area (Å²) in [5, 5.41) is 0. The second-order valence-electron chi connectivity index (χ2n) is 4.41. The van der Waals surface area contributed by atoms with Gasteiger partial charge in [-0.05, 0) is 13.8 Å². The van der Waals surface area contributed by atoms with Gasteiger partial charge in [0, 0.05) is 34.9 Å². The Morgan fingerprint density at radius 1 is 0.722 bits per heavy atom. The molecule has 0 aliphatic carbocycles. The zero-order valence-corrected chi connectivity index (χ0v) is 10.4. The minimum Gasteiger partial charge on any atom is -0.342 e. The predicted octanol–water partition coefficient (Wildman–Crippen LogP) is 3.08. The van der Waals surface area contributed by atoms with Crippen molar-refractivity contribution in [3.05, 3.63) is 48.0 Å². The van der Waals surface area contributed by atoms with Crippen molar-refractivity contribution in [1.29, 1.82) is 0 Å². The van der Waals surface area contributed by atoms with Gasteiger partial charge in [-0.2, -0.15) is 0 Å². The van der Waals surface area contributed by atoms with Gasteiger partial charge in [0.05, 0.1) is 0 Å². The lowest BCUT2D eigenvalue weighted by Crippen LogP contribution is -1.83. The van der Waals surface area contributed by atoms with Gasteiger partial charge in [0.25, 0.3) is 0 Å². The van der Waals surface area contributed by atoms with Crippen LogP contribution < -0.4 is 0 Å². The van der Waals surface area contributed by atoms with E-state index in [9.17, 15) is 0 Å². The summed E-state index contributed by atoms with van der Waals surface area (Å²) in [4.78, 5) is 15.1. The molecule has 3 rings (SSSR count). The van der Waals surface area contributed by atoms with Gasteiger partial charge >= 0.3 is 0 Å². The lowest BCUT2D eigenvalue weighted by molar-refractivity contribution is 1.24. The van der Waals surface area contributed by atoms with Crippen LogP contribution in [0.2, 0.25) is 0 Å². The Bertz CT molecular complexity index is 602. The quantitative estimate of drug-likeness (QED) is 0.720. The first-order chi connectivity index (χ1) is 8.72. The Kier molecular flexibility index (Phi) is 2.48. The van der Waals surface area contributed by atoms with Gasteiger partial charge in [-0.3, -0.25) is 0 Å². The molecule has 0 spiro atoms. The van der Waals surface area contributed by atoms with Crippen LogP contribution in [-0.2, 0) is 0 Å². The van der Waals surface area contributed by atoms with Crippen LogP contribution in [0.25, 0.3) is 22.8 Å². The second-order valence-corrected chi connectivity index (χ2v) is 4.41. The molecule has 2 N–H and O–H groups in total. The fourth-order valence-corrected chi connectivity index (χ4v) is 1.90. The van der Waals surface area contributed by atoms with Gasteiger partial charge in [-0.1, -0.05) is 24.3 Å². The molecular formula is C14H14N4. The van der Waals surface area contributed by atoms with E-state index in [1.165, 1.54) is 0 Å². The van der Waals surface area contributed by atoms with Crippen LogP contribution in [-0.4, -0.2) is 19.9 Å². The third-order valence-electron chi connectivity index (χ3n) is 2.84. The number of H-pyrrole nitrogens is 2. The van der Waals surface area contributed by atoms with Gasteiger partial charge < -0.3 is 9.97 Å². The Balaban J connectivity index is 1.94. The van der Waals surface area contributed by atoms with E-state index >= 15 is 0 Å². The van der Waals surface area contributed by atoms with E-state index in [-0.39, 0.29) is 0 Å². The number of hydrogen-bond acceptors (Lipinski definition) is 2. The summed E-state index contributed by atoms with van der Waals surface area (Å²) >= 11 is 0. The third-order valence-corrected chi connectivity index (χ3v) is 2.84. The lowest BCUT2D eigenvalue weighted by Gasteiger charge is -2.00. The molecule has 1 aromatic carbocycles. The van der Waals surface area contributed by atoms with E-state index < -0.39 is 0 Å². The lowest BCUT2D eigenvalue weighted by atomic mass is 10.1. The molecule has 0 unspecified atom stereocenters. The molecule has 0 saturated carbocycles. The van der Waals surface area contributed by atoms with Gasteiger partial charge in [-0.15, -0.1) is 0 Å². The molecule has 4 heteroatoms. The third kappa shape index (κ3) is 1.93. The number of benzene rings is 1. The number of aromatic nitrogens is 4. The van der Waals surface area contributed by atoms with E-state index in [1.807, 2.05) is 50.5 Å². The van der Waals surface area contributed by atoms with Crippen molar-refractivity contribution in [1.82, 2.24) is 19.9 Å². The highest BCUT2D eigenvalue weighted by Crippen LogP contribution is 2.21. The summed E-state index contributed by atoms with van der Waals surface area (Å²) in [7, 11) is 0. The van der Waals surface area contributed by atoms with Gasteiger partial charge in [0.2, 0.25) is 0 Å². The van der Waals surface area contributed by atoms with Crippen LogP contribution in [0.3, 0.4) is 0 Å². The van der Waals surface area contributed by atoms with Crippen molar-refractivity contribution in [3.8, 4) is 22.8 Å². The standard InChI is InChI=1S/C14H14N4/c1-9-7-15-13(17-9)11-3-5-12(6-4-11)14-16-8-10(2)18-14/h3-8H,1-2H3,(H,15,17)(H,16,18). The Morgan fingerprint density at radius 3 is 1.39 bits per heavy atom. The maximum Gasteiger partial charge on any atom is 0.137 e. The molecule has 4 nitrogen and oxygen atoms in total. The summed E-state index contributed by atoms with van der Waals surface area (Å²) in [6.45, 7) is 3.99. The predicted molar refractivity (Wildman–Crippen MR) is 71.1 cm³/mol. The molecule has 0 radical (unpaired) electrons. The highest BCUT2D eigenvalue weighted by atomic mass is 14.9. The molecule has 0 fully saturated rings. The number of hydrogen-bond donors (Lipinski definition) is 2. The molecule has 0 saturated heterocycles. The minimum atomic E-state index is 0.898. The van der Waals surface area contributed by atoms with Gasteiger partial charge in [0.1, 0.15) is 11.6 Å². The van der Waals surface area contributed by atoms with Crippen molar-refractivity contribution in [3.63, 3.8) is 0 Å². The Hall–Kier alpha value is -2.36. The molecule has 0 bridgehead atoms. The average Bonchev–Trinajstić information content (AvgIpc) is 2.98. The molecule has 3 aromatic rings. The maximum absolute atomic E-state index is 4.31. The number of nitrogens with zero attached hydrogens (tertiary/aromatic N) is 2. The van der Waals surface area contributed by atoms with Crippen LogP contribution >= 0.6 is 0 Å². The maximum atomic E-state index is 4.31. The van der Waals surface area contributed by atoms with Crippen LogP contribution in [0.4, 0.5) is 0 Å². The van der Waals surface area contributed by atoms with E-state index in [0.717, 1.165) is 34.2 Å². The highest BCUT2D eigenvalue weighted by molar-refractivity contribution is 5.63. The van der Waals surface area contributed by atoms with E-state index in [2.05, 4.69) is 19.9 Å². The van der Waals surface area contributed by atoms with E-state index in [1.54, 1.807) is 0 Å². The second kappa shape index (κ2) is 4.14. The molecular weight excluding hydrogens is 224 g/mol. The SMILES string of the molecule is Cc1cnc(-c2ccc(-c3ncc(C)[nH]3)cc2)[nH]1. The normalized spacial score (nSPS) is 10.8. The number of imidazole rings is 2. The summed E-state index contributed by atoms with van der Waals surface area (Å²) in [6, 6.07) is 8.19. The smallest absolute Gasteiger partial charge is 0.137 e. The van der Waals surface area contributed by atoms with Crippen molar-refractivity contribution in [2.24, 2.45) is 0 Å². The molecule has 2 heterocycles. The number of aromatic amines is 2. The topological polar surface area (TPSA) is 57.4 Å². The van der Waals surface area contributed by atoms with Gasteiger partial charge in [-0.25, -0.2) is 9.97 Å². The fourth-order valence-electron chi connectivity index (χ4n) is 1.90. The zero-order valence-electron chi connectivity index (χ0n) is 10.4. The molecule has 0 aliphatic rings. The summed E-state index contributed by atoms with van der Waals surface area (Å²) in [5.41, 5.74) is 4.29. The first kappa shape index (κ1) is 10.8. The summed E-state index contributed by atoms with van der Waals surface area (Å²) in [6.07, 6.45) is 3.66. The number of aryl methyl sites for hydroxylation is 2. The van der Waals surface area contributed by atoms with Crippen LogP contribution in [0.1, 0.15) is 11.4 Å². The summed E-state index contributed by atoms with van der Waals surface area (Å²) < 4.78 is 0. The van der Waals surface area contributed by atoms with Crippen LogP contribution in [0.5, 0.6) is 0 Å². The largest absolute Gasteiger partial charge is 0.342 e. The molecule has 0 amide bonds. The molecule has 0 atom stereocenters. The number of nitrogens with one attached hydrogen (secondary N) is 2. The Labute approximate surface area is 105 Å². The molecule has 2 aromatic heterocycles. The molecule has 90 valence electrons. The van der Waals surface area contributed by atoms with Gasteiger partial charge in [0.15, 0.2) is 0 Å². The minimum absolute atomic E-state index is 0.898. The summed E-state index contributed by atoms with van der Waals surface area (Å²) in [5.74, 6) is 1.80. The average molecular weight is 238 g/mol. The first-order valence-corrected chi connectivity index (χ1v) is 5.86.